The number of hydrogen-bond donors (Lipinski definition) is 0. The molecule has 2 heterocycles. The fourth-order valence-electron chi connectivity index (χ4n) is 3.63. The van der Waals surface area contributed by atoms with E-state index in [0.717, 1.165) is 50.1 Å². The van der Waals surface area contributed by atoms with Crippen LogP contribution in [0.4, 0.5) is 0 Å². The van der Waals surface area contributed by atoms with Crippen LogP contribution in [0.15, 0.2) is 24.3 Å². The van der Waals surface area contributed by atoms with Crippen molar-refractivity contribution in [3.8, 4) is 5.75 Å². The molecule has 1 aromatic rings. The molecule has 0 bridgehead atoms. The standard InChI is InChI=1S/C20H29N3O3/c1-2-3-7-18-14-22(13-17-6-4-5-8-19(17)26-18)15-20(25)23-11-9-21(16-24)10-12-23/h4-6,8,16,18H,2-3,7,9-15H2,1H3. The molecule has 0 aliphatic carbocycles. The molecule has 26 heavy (non-hydrogen) atoms. The third-order valence-corrected chi connectivity index (χ3v) is 5.18. The highest BCUT2D eigenvalue weighted by Crippen LogP contribution is 2.26. The second-order valence-corrected chi connectivity index (χ2v) is 7.18. The van der Waals surface area contributed by atoms with E-state index < -0.39 is 0 Å². The van der Waals surface area contributed by atoms with E-state index in [1.54, 1.807) is 4.90 Å². The van der Waals surface area contributed by atoms with Crippen molar-refractivity contribution in [1.82, 2.24) is 14.7 Å². The van der Waals surface area contributed by atoms with Crippen molar-refractivity contribution in [3.63, 3.8) is 0 Å². The maximum Gasteiger partial charge on any atom is 0.236 e. The third-order valence-electron chi connectivity index (χ3n) is 5.18. The molecule has 1 saturated heterocycles. The molecule has 2 amide bonds. The van der Waals surface area contributed by atoms with Crippen LogP contribution in [0.5, 0.6) is 5.75 Å². The van der Waals surface area contributed by atoms with Crippen LogP contribution < -0.4 is 4.74 Å². The van der Waals surface area contributed by atoms with Gasteiger partial charge in [-0.3, -0.25) is 14.5 Å². The Morgan fingerprint density at radius 3 is 2.73 bits per heavy atom. The summed E-state index contributed by atoms with van der Waals surface area (Å²) in [5, 5.41) is 0. The van der Waals surface area contributed by atoms with Crippen LogP contribution in [0, 0.1) is 0 Å². The summed E-state index contributed by atoms with van der Waals surface area (Å²) < 4.78 is 6.23. The van der Waals surface area contributed by atoms with Crippen LogP contribution in [0.2, 0.25) is 0 Å². The van der Waals surface area contributed by atoms with Crippen molar-refractivity contribution in [2.24, 2.45) is 0 Å². The van der Waals surface area contributed by atoms with E-state index in [2.05, 4.69) is 17.9 Å². The number of benzene rings is 1. The van der Waals surface area contributed by atoms with Gasteiger partial charge in [-0.1, -0.05) is 31.5 Å². The summed E-state index contributed by atoms with van der Waals surface area (Å²) in [6.45, 7) is 6.59. The van der Waals surface area contributed by atoms with E-state index in [1.807, 2.05) is 23.1 Å². The molecule has 3 rings (SSSR count). The SMILES string of the molecule is CCCCC1CN(CC(=O)N2CCN(C=O)CC2)Cc2ccccc2O1. The molecule has 0 saturated carbocycles. The van der Waals surface area contributed by atoms with Crippen LogP contribution in [0.25, 0.3) is 0 Å². The topological polar surface area (TPSA) is 53.1 Å². The summed E-state index contributed by atoms with van der Waals surface area (Å²) in [5.41, 5.74) is 1.14. The third kappa shape index (κ3) is 4.75. The molecule has 6 heteroatoms. The average Bonchev–Trinajstić information content (AvgIpc) is 2.84. The number of hydrogen-bond acceptors (Lipinski definition) is 4. The Hall–Kier alpha value is -2.08. The van der Waals surface area contributed by atoms with E-state index in [1.165, 1.54) is 0 Å². The summed E-state index contributed by atoms with van der Waals surface area (Å²) in [4.78, 5) is 29.4. The van der Waals surface area contributed by atoms with Gasteiger partial charge in [0, 0.05) is 44.8 Å². The van der Waals surface area contributed by atoms with Crippen molar-refractivity contribution in [1.29, 1.82) is 0 Å². The molecule has 1 atom stereocenters. The molecule has 142 valence electrons. The number of amides is 2. The molecular weight excluding hydrogens is 330 g/mol. The Morgan fingerprint density at radius 2 is 2.00 bits per heavy atom. The molecule has 2 aliphatic heterocycles. The number of ether oxygens (including phenoxy) is 1. The minimum absolute atomic E-state index is 0.123. The Bertz CT molecular complexity index is 614. The lowest BCUT2D eigenvalue weighted by Crippen LogP contribution is -2.51. The zero-order chi connectivity index (χ0) is 18.4. The molecule has 0 aromatic heterocycles. The summed E-state index contributed by atoms with van der Waals surface area (Å²) in [7, 11) is 0. The number of carbonyl (C=O) groups is 2. The molecular formula is C20H29N3O3. The normalized spacial score (nSPS) is 20.9. The minimum atomic E-state index is 0.123. The molecule has 0 radical (unpaired) electrons. The first-order chi connectivity index (χ1) is 12.7. The quantitative estimate of drug-likeness (QED) is 0.726. The van der Waals surface area contributed by atoms with E-state index in [0.29, 0.717) is 32.7 Å². The van der Waals surface area contributed by atoms with Crippen LogP contribution >= 0.6 is 0 Å². The van der Waals surface area contributed by atoms with E-state index >= 15 is 0 Å². The molecule has 0 spiro atoms. The van der Waals surface area contributed by atoms with Crippen LogP contribution in [-0.4, -0.2) is 72.4 Å². The van der Waals surface area contributed by atoms with Gasteiger partial charge in [-0.2, -0.15) is 0 Å². The zero-order valence-corrected chi connectivity index (χ0v) is 15.6. The number of nitrogens with zero attached hydrogens (tertiary/aromatic N) is 3. The molecule has 1 fully saturated rings. The van der Waals surface area contributed by atoms with Gasteiger partial charge in [0.15, 0.2) is 0 Å². The highest BCUT2D eigenvalue weighted by Gasteiger charge is 2.26. The number of rotatable bonds is 6. The van der Waals surface area contributed by atoms with Gasteiger partial charge in [0.25, 0.3) is 0 Å². The molecule has 1 aromatic carbocycles. The lowest BCUT2D eigenvalue weighted by molar-refractivity contribution is -0.136. The lowest BCUT2D eigenvalue weighted by Gasteiger charge is -2.34. The van der Waals surface area contributed by atoms with Gasteiger partial charge >= 0.3 is 0 Å². The largest absolute Gasteiger partial charge is 0.489 e. The maximum atomic E-state index is 12.7. The minimum Gasteiger partial charge on any atom is -0.489 e. The maximum absolute atomic E-state index is 12.7. The van der Waals surface area contributed by atoms with E-state index in [-0.39, 0.29) is 12.0 Å². The highest BCUT2D eigenvalue weighted by molar-refractivity contribution is 5.78. The first-order valence-corrected chi connectivity index (χ1v) is 9.63. The van der Waals surface area contributed by atoms with E-state index in [9.17, 15) is 9.59 Å². The fraction of sp³-hybridized carbons (Fsp3) is 0.600. The van der Waals surface area contributed by atoms with Gasteiger partial charge in [-0.25, -0.2) is 0 Å². The zero-order valence-electron chi connectivity index (χ0n) is 15.6. The predicted molar refractivity (Wildman–Crippen MR) is 99.9 cm³/mol. The molecule has 6 nitrogen and oxygen atoms in total. The van der Waals surface area contributed by atoms with Crippen molar-refractivity contribution in [2.75, 3.05) is 39.3 Å². The van der Waals surface area contributed by atoms with Crippen LogP contribution in [-0.2, 0) is 16.1 Å². The monoisotopic (exact) mass is 359 g/mol. The molecule has 2 aliphatic rings. The van der Waals surface area contributed by atoms with Crippen molar-refractivity contribution in [3.05, 3.63) is 29.8 Å². The predicted octanol–water partition coefficient (Wildman–Crippen LogP) is 1.74. The Morgan fingerprint density at radius 1 is 1.23 bits per heavy atom. The Balaban J connectivity index is 1.64. The molecule has 1 unspecified atom stereocenters. The second kappa shape index (κ2) is 9.03. The highest BCUT2D eigenvalue weighted by atomic mass is 16.5. The Kier molecular flexibility index (Phi) is 6.50. The van der Waals surface area contributed by atoms with E-state index in [4.69, 9.17) is 4.74 Å². The van der Waals surface area contributed by atoms with Crippen molar-refractivity contribution in [2.45, 2.75) is 38.8 Å². The number of para-hydroxylation sites is 1. The van der Waals surface area contributed by atoms with Crippen molar-refractivity contribution >= 4 is 12.3 Å². The van der Waals surface area contributed by atoms with Gasteiger partial charge < -0.3 is 14.5 Å². The number of unbranched alkanes of at least 4 members (excludes halogenated alkanes) is 1. The lowest BCUT2D eigenvalue weighted by atomic mass is 10.1. The number of piperazine rings is 1. The van der Waals surface area contributed by atoms with Crippen molar-refractivity contribution < 1.29 is 14.3 Å². The first-order valence-electron chi connectivity index (χ1n) is 9.63. The smallest absolute Gasteiger partial charge is 0.236 e. The number of carbonyl (C=O) groups excluding carboxylic acids is 2. The van der Waals surface area contributed by atoms with Gasteiger partial charge in [-0.05, 0) is 18.9 Å². The van der Waals surface area contributed by atoms with Crippen LogP contribution in [0.1, 0.15) is 31.7 Å². The van der Waals surface area contributed by atoms with Gasteiger partial charge in [0.1, 0.15) is 11.9 Å². The summed E-state index contributed by atoms with van der Waals surface area (Å²) in [5.74, 6) is 1.09. The average molecular weight is 359 g/mol. The van der Waals surface area contributed by atoms with Gasteiger partial charge in [0.05, 0.1) is 6.54 Å². The van der Waals surface area contributed by atoms with Gasteiger partial charge in [0.2, 0.25) is 12.3 Å². The molecule has 0 N–H and O–H groups in total. The fourth-order valence-corrected chi connectivity index (χ4v) is 3.63. The second-order valence-electron chi connectivity index (χ2n) is 7.18. The first kappa shape index (κ1) is 18.7. The Labute approximate surface area is 155 Å². The summed E-state index contributed by atoms with van der Waals surface area (Å²) in [6, 6.07) is 8.13. The van der Waals surface area contributed by atoms with Crippen LogP contribution in [0.3, 0.4) is 0 Å². The summed E-state index contributed by atoms with van der Waals surface area (Å²) in [6.07, 6.45) is 4.26. The van der Waals surface area contributed by atoms with Gasteiger partial charge in [-0.15, -0.1) is 0 Å². The summed E-state index contributed by atoms with van der Waals surface area (Å²) >= 11 is 0. The number of fused-ring (bicyclic) bond motifs is 1.